The monoisotopic (exact) mass is 436 g/mol. The van der Waals surface area contributed by atoms with Gasteiger partial charge in [0.25, 0.3) is 0 Å². The summed E-state index contributed by atoms with van der Waals surface area (Å²) >= 11 is 1.48. The molecule has 1 fully saturated rings. The molecule has 1 amide bonds. The molecule has 2 heterocycles. The lowest BCUT2D eigenvalue weighted by molar-refractivity contribution is -0.131. The van der Waals surface area contributed by atoms with Crippen molar-refractivity contribution in [2.75, 3.05) is 20.2 Å². The van der Waals surface area contributed by atoms with Gasteiger partial charge in [-0.3, -0.25) is 4.79 Å². The van der Waals surface area contributed by atoms with Gasteiger partial charge in [-0.15, -0.1) is 10.2 Å². The number of ether oxygens (including phenoxy) is 1. The van der Waals surface area contributed by atoms with Crippen molar-refractivity contribution in [3.8, 4) is 17.1 Å². The SMILES string of the molecule is CCn1c(S[C@@H](C(=O)N2CCCCC2)c2ccccc2)nnc1-c1ccccc1OC. The molecule has 1 aliphatic heterocycles. The summed E-state index contributed by atoms with van der Waals surface area (Å²) in [6.07, 6.45) is 3.33. The van der Waals surface area contributed by atoms with Gasteiger partial charge in [-0.2, -0.15) is 0 Å². The number of methoxy groups -OCH3 is 1. The zero-order valence-corrected chi connectivity index (χ0v) is 18.8. The van der Waals surface area contributed by atoms with Gasteiger partial charge in [0.1, 0.15) is 11.0 Å². The average Bonchev–Trinajstić information content (AvgIpc) is 3.25. The second kappa shape index (κ2) is 10.0. The summed E-state index contributed by atoms with van der Waals surface area (Å²) in [5.41, 5.74) is 1.89. The van der Waals surface area contributed by atoms with E-state index >= 15 is 0 Å². The molecular formula is C24H28N4O2S. The first kappa shape index (κ1) is 21.4. The molecule has 0 N–H and O–H groups in total. The zero-order chi connectivity index (χ0) is 21.6. The number of amides is 1. The number of hydrogen-bond acceptors (Lipinski definition) is 5. The highest BCUT2D eigenvalue weighted by Crippen LogP contribution is 2.38. The maximum atomic E-state index is 13.5. The number of likely N-dealkylation sites (tertiary alicyclic amines) is 1. The van der Waals surface area contributed by atoms with Crippen molar-refractivity contribution in [3.63, 3.8) is 0 Å². The van der Waals surface area contributed by atoms with Crippen LogP contribution in [0.25, 0.3) is 11.4 Å². The third-order valence-electron chi connectivity index (χ3n) is 5.60. The largest absolute Gasteiger partial charge is 0.496 e. The van der Waals surface area contributed by atoms with E-state index in [1.165, 1.54) is 18.2 Å². The molecule has 4 rings (SSSR count). The molecule has 0 unspecified atom stereocenters. The van der Waals surface area contributed by atoms with Crippen LogP contribution < -0.4 is 4.74 Å². The van der Waals surface area contributed by atoms with E-state index in [0.717, 1.165) is 53.8 Å². The molecule has 0 radical (unpaired) electrons. The highest BCUT2D eigenvalue weighted by molar-refractivity contribution is 8.00. The molecule has 162 valence electrons. The van der Waals surface area contributed by atoms with Crippen molar-refractivity contribution < 1.29 is 9.53 Å². The molecule has 2 aromatic carbocycles. The third-order valence-corrected chi connectivity index (χ3v) is 6.82. The van der Waals surface area contributed by atoms with Crippen molar-refractivity contribution in [2.24, 2.45) is 0 Å². The smallest absolute Gasteiger partial charge is 0.240 e. The number of carbonyl (C=O) groups excluding carboxylic acids is 1. The number of benzene rings is 2. The predicted molar refractivity (Wildman–Crippen MR) is 123 cm³/mol. The second-order valence-corrected chi connectivity index (χ2v) is 8.62. The number of carbonyl (C=O) groups is 1. The molecule has 1 saturated heterocycles. The van der Waals surface area contributed by atoms with Crippen LogP contribution in [-0.2, 0) is 11.3 Å². The predicted octanol–water partition coefficient (Wildman–Crippen LogP) is 4.82. The van der Waals surface area contributed by atoms with Crippen LogP contribution in [0, 0.1) is 0 Å². The van der Waals surface area contributed by atoms with Crippen molar-refractivity contribution in [2.45, 2.75) is 43.1 Å². The van der Waals surface area contributed by atoms with E-state index in [4.69, 9.17) is 4.74 Å². The van der Waals surface area contributed by atoms with Gasteiger partial charge in [0, 0.05) is 19.6 Å². The number of aromatic nitrogens is 3. The van der Waals surface area contributed by atoms with Crippen molar-refractivity contribution >= 4 is 17.7 Å². The van der Waals surface area contributed by atoms with Gasteiger partial charge in [0.05, 0.1) is 12.7 Å². The Balaban J connectivity index is 1.69. The molecule has 1 aliphatic rings. The van der Waals surface area contributed by atoms with Gasteiger partial charge in [-0.05, 0) is 43.9 Å². The fraction of sp³-hybridized carbons (Fsp3) is 0.375. The Morgan fingerprint density at radius 3 is 2.45 bits per heavy atom. The molecule has 3 aromatic rings. The quantitative estimate of drug-likeness (QED) is 0.497. The van der Waals surface area contributed by atoms with E-state index in [1.54, 1.807) is 7.11 Å². The second-order valence-electron chi connectivity index (χ2n) is 7.55. The van der Waals surface area contributed by atoms with Crippen LogP contribution in [0.1, 0.15) is 37.0 Å². The van der Waals surface area contributed by atoms with Gasteiger partial charge < -0.3 is 14.2 Å². The Labute approximate surface area is 187 Å². The lowest BCUT2D eigenvalue weighted by Crippen LogP contribution is -2.38. The summed E-state index contributed by atoms with van der Waals surface area (Å²) in [7, 11) is 1.66. The van der Waals surface area contributed by atoms with Gasteiger partial charge in [-0.25, -0.2) is 0 Å². The topological polar surface area (TPSA) is 60.2 Å². The molecule has 1 aromatic heterocycles. The van der Waals surface area contributed by atoms with E-state index in [1.807, 2.05) is 59.5 Å². The van der Waals surface area contributed by atoms with E-state index < -0.39 is 0 Å². The van der Waals surface area contributed by atoms with E-state index in [9.17, 15) is 4.79 Å². The van der Waals surface area contributed by atoms with Crippen LogP contribution in [0.15, 0.2) is 59.8 Å². The maximum Gasteiger partial charge on any atom is 0.240 e. The van der Waals surface area contributed by atoms with Gasteiger partial charge >= 0.3 is 0 Å². The van der Waals surface area contributed by atoms with Crippen LogP contribution in [0.4, 0.5) is 0 Å². The summed E-state index contributed by atoms with van der Waals surface area (Å²) in [6, 6.07) is 17.8. The fourth-order valence-corrected chi connectivity index (χ4v) is 5.15. The number of nitrogens with zero attached hydrogens (tertiary/aromatic N) is 4. The van der Waals surface area contributed by atoms with E-state index in [2.05, 4.69) is 21.7 Å². The minimum Gasteiger partial charge on any atom is -0.496 e. The fourth-order valence-electron chi connectivity index (χ4n) is 3.96. The van der Waals surface area contributed by atoms with Crippen molar-refractivity contribution in [1.82, 2.24) is 19.7 Å². The molecule has 0 bridgehead atoms. The van der Waals surface area contributed by atoms with E-state index in [0.29, 0.717) is 6.54 Å². The normalized spacial score (nSPS) is 15.0. The Bertz CT molecular complexity index is 1020. The Kier molecular flexibility index (Phi) is 6.92. The third kappa shape index (κ3) is 4.61. The number of para-hydroxylation sites is 1. The first-order chi connectivity index (χ1) is 15.2. The molecule has 6 nitrogen and oxygen atoms in total. The Hall–Kier alpha value is -2.80. The average molecular weight is 437 g/mol. The maximum absolute atomic E-state index is 13.5. The van der Waals surface area contributed by atoms with E-state index in [-0.39, 0.29) is 11.2 Å². The molecule has 0 spiro atoms. The Morgan fingerprint density at radius 1 is 1.03 bits per heavy atom. The first-order valence-electron chi connectivity index (χ1n) is 10.8. The number of piperidine rings is 1. The summed E-state index contributed by atoms with van der Waals surface area (Å²) in [6.45, 7) is 4.42. The minimum absolute atomic E-state index is 0.153. The first-order valence-corrected chi connectivity index (χ1v) is 11.7. The molecular weight excluding hydrogens is 408 g/mol. The van der Waals surface area contributed by atoms with Crippen LogP contribution >= 0.6 is 11.8 Å². The van der Waals surface area contributed by atoms with Gasteiger partial charge in [0.15, 0.2) is 11.0 Å². The van der Waals surface area contributed by atoms with Crippen LogP contribution in [0.3, 0.4) is 0 Å². The molecule has 7 heteroatoms. The highest BCUT2D eigenvalue weighted by Gasteiger charge is 2.30. The lowest BCUT2D eigenvalue weighted by Gasteiger charge is -2.30. The molecule has 0 aliphatic carbocycles. The molecule has 0 saturated carbocycles. The Morgan fingerprint density at radius 2 is 1.74 bits per heavy atom. The number of rotatable bonds is 7. The molecule has 1 atom stereocenters. The molecule has 31 heavy (non-hydrogen) atoms. The zero-order valence-electron chi connectivity index (χ0n) is 18.0. The minimum atomic E-state index is -0.348. The van der Waals surface area contributed by atoms with Crippen LogP contribution in [0.5, 0.6) is 5.75 Å². The summed E-state index contributed by atoms with van der Waals surface area (Å²) in [5.74, 6) is 1.66. The van der Waals surface area contributed by atoms with Crippen molar-refractivity contribution in [3.05, 3.63) is 60.2 Å². The number of hydrogen-bond donors (Lipinski definition) is 0. The standard InChI is InChI=1S/C24H28N4O2S/c1-3-28-22(19-14-8-9-15-20(19)30-2)25-26-24(28)31-21(18-12-6-4-7-13-18)23(29)27-16-10-5-11-17-27/h4,6-9,12-15,21H,3,5,10-11,16-17H2,1-2H3/t21-/m1/s1. The summed E-state index contributed by atoms with van der Waals surface area (Å²) < 4.78 is 7.59. The summed E-state index contributed by atoms with van der Waals surface area (Å²) in [4.78, 5) is 15.5. The van der Waals surface area contributed by atoms with Gasteiger partial charge in [0.2, 0.25) is 5.91 Å². The van der Waals surface area contributed by atoms with Crippen molar-refractivity contribution in [1.29, 1.82) is 0 Å². The highest BCUT2D eigenvalue weighted by atomic mass is 32.2. The van der Waals surface area contributed by atoms with Crippen LogP contribution in [0.2, 0.25) is 0 Å². The lowest BCUT2D eigenvalue weighted by atomic mass is 10.1. The number of thioether (sulfide) groups is 1. The summed E-state index contributed by atoms with van der Waals surface area (Å²) in [5, 5.41) is 9.34. The van der Waals surface area contributed by atoms with Gasteiger partial charge in [-0.1, -0.05) is 54.2 Å². The van der Waals surface area contributed by atoms with Crippen LogP contribution in [-0.4, -0.2) is 45.8 Å².